The van der Waals surface area contributed by atoms with Crippen LogP contribution in [0, 0.1) is 5.82 Å². The number of aliphatic hydroxyl groups excluding tert-OH is 1. The number of benzene rings is 1. The van der Waals surface area contributed by atoms with Gasteiger partial charge in [0.2, 0.25) is 0 Å². The van der Waals surface area contributed by atoms with Gasteiger partial charge in [-0.1, -0.05) is 12.1 Å². The van der Waals surface area contributed by atoms with Gasteiger partial charge in [0.1, 0.15) is 5.82 Å². The van der Waals surface area contributed by atoms with Crippen molar-refractivity contribution in [2.24, 2.45) is 0 Å². The highest BCUT2D eigenvalue weighted by Crippen LogP contribution is 2.12. The maximum Gasteiger partial charge on any atom is 0.123 e. The summed E-state index contributed by atoms with van der Waals surface area (Å²) in [7, 11) is 1.62. The second-order valence-corrected chi connectivity index (χ2v) is 3.88. The fraction of sp³-hybridized carbons (Fsp3) is 0.538. The minimum absolute atomic E-state index is 0.338. The zero-order valence-corrected chi connectivity index (χ0v) is 10.6. The first kappa shape index (κ1) is 15.0. The Morgan fingerprint density at radius 1 is 1.33 bits per heavy atom. The van der Waals surface area contributed by atoms with Gasteiger partial charge in [-0.25, -0.2) is 4.39 Å². The van der Waals surface area contributed by atoms with Gasteiger partial charge in [0, 0.05) is 20.2 Å². The van der Waals surface area contributed by atoms with Gasteiger partial charge in [-0.15, -0.1) is 0 Å². The Bertz CT molecular complexity index is 336. The van der Waals surface area contributed by atoms with E-state index in [0.29, 0.717) is 38.5 Å². The summed E-state index contributed by atoms with van der Waals surface area (Å²) in [5.74, 6) is -0.338. The lowest BCUT2D eigenvalue weighted by Crippen LogP contribution is -2.25. The smallest absolute Gasteiger partial charge is 0.123 e. The molecule has 0 aliphatic heterocycles. The summed E-state index contributed by atoms with van der Waals surface area (Å²) >= 11 is 0. The zero-order valence-electron chi connectivity index (χ0n) is 10.6. The molecule has 0 bridgehead atoms. The fourth-order valence-electron chi connectivity index (χ4n) is 1.46. The van der Waals surface area contributed by atoms with Gasteiger partial charge in [0.15, 0.2) is 0 Å². The number of ether oxygens (including phenoxy) is 2. The molecule has 0 radical (unpaired) electrons. The SMILES string of the molecule is COCCOCCNCC(O)c1cccc(F)c1. The molecule has 4 nitrogen and oxygen atoms in total. The van der Waals surface area contributed by atoms with Crippen LogP contribution >= 0.6 is 0 Å². The largest absolute Gasteiger partial charge is 0.387 e. The fourth-order valence-corrected chi connectivity index (χ4v) is 1.46. The van der Waals surface area contributed by atoms with Crippen molar-refractivity contribution < 1.29 is 19.0 Å². The van der Waals surface area contributed by atoms with Crippen molar-refractivity contribution in [3.8, 4) is 0 Å². The number of hydrogen-bond donors (Lipinski definition) is 2. The quantitative estimate of drug-likeness (QED) is 0.651. The normalized spacial score (nSPS) is 12.6. The molecule has 1 aromatic rings. The Kier molecular flexibility index (Phi) is 7.52. The number of nitrogens with one attached hydrogen (secondary N) is 1. The Labute approximate surface area is 107 Å². The van der Waals surface area contributed by atoms with Crippen LogP contribution in [-0.4, -0.2) is 45.1 Å². The van der Waals surface area contributed by atoms with Gasteiger partial charge in [-0.2, -0.15) is 0 Å². The molecule has 0 fully saturated rings. The highest BCUT2D eigenvalue weighted by molar-refractivity contribution is 5.18. The summed E-state index contributed by atoms with van der Waals surface area (Å²) in [6.45, 7) is 2.70. The highest BCUT2D eigenvalue weighted by atomic mass is 19.1. The van der Waals surface area contributed by atoms with Crippen LogP contribution in [0.4, 0.5) is 4.39 Å². The molecule has 1 aromatic carbocycles. The monoisotopic (exact) mass is 257 g/mol. The molecule has 5 heteroatoms. The first-order valence-electron chi connectivity index (χ1n) is 5.95. The van der Waals surface area contributed by atoms with E-state index in [9.17, 15) is 9.50 Å². The predicted molar refractivity (Wildman–Crippen MR) is 66.9 cm³/mol. The van der Waals surface area contributed by atoms with Crippen LogP contribution < -0.4 is 5.32 Å². The summed E-state index contributed by atoms with van der Waals surface area (Å²) in [5.41, 5.74) is 0.572. The topological polar surface area (TPSA) is 50.7 Å². The summed E-state index contributed by atoms with van der Waals surface area (Å²) in [5, 5.41) is 12.8. The number of hydrogen-bond acceptors (Lipinski definition) is 4. The van der Waals surface area contributed by atoms with Crippen molar-refractivity contribution in [3.05, 3.63) is 35.6 Å². The Morgan fingerprint density at radius 3 is 2.89 bits per heavy atom. The second kappa shape index (κ2) is 8.99. The van der Waals surface area contributed by atoms with Crippen molar-refractivity contribution in [1.29, 1.82) is 0 Å². The Morgan fingerprint density at radius 2 is 2.17 bits per heavy atom. The van der Waals surface area contributed by atoms with Crippen LogP contribution in [0.2, 0.25) is 0 Å². The number of aliphatic hydroxyl groups is 1. The molecule has 0 saturated heterocycles. The van der Waals surface area contributed by atoms with Gasteiger partial charge in [-0.05, 0) is 17.7 Å². The second-order valence-electron chi connectivity index (χ2n) is 3.88. The van der Waals surface area contributed by atoms with Crippen LogP contribution in [0.15, 0.2) is 24.3 Å². The molecule has 0 heterocycles. The number of methoxy groups -OCH3 is 1. The third kappa shape index (κ3) is 6.07. The molecule has 18 heavy (non-hydrogen) atoms. The van der Waals surface area contributed by atoms with Crippen LogP contribution in [0.1, 0.15) is 11.7 Å². The lowest BCUT2D eigenvalue weighted by Gasteiger charge is -2.12. The van der Waals surface area contributed by atoms with Crippen LogP contribution in [0.5, 0.6) is 0 Å². The van der Waals surface area contributed by atoms with Crippen molar-refractivity contribution in [2.75, 3.05) is 40.0 Å². The molecule has 0 aromatic heterocycles. The third-order valence-electron chi connectivity index (χ3n) is 2.43. The Balaban J connectivity index is 2.12. The zero-order chi connectivity index (χ0) is 13.2. The van der Waals surface area contributed by atoms with Crippen molar-refractivity contribution in [3.63, 3.8) is 0 Å². The van der Waals surface area contributed by atoms with Gasteiger partial charge in [0.25, 0.3) is 0 Å². The maximum atomic E-state index is 12.9. The van der Waals surface area contributed by atoms with Crippen molar-refractivity contribution >= 4 is 0 Å². The molecule has 1 atom stereocenters. The van der Waals surface area contributed by atoms with Gasteiger partial charge in [-0.3, -0.25) is 0 Å². The van der Waals surface area contributed by atoms with E-state index >= 15 is 0 Å². The first-order valence-corrected chi connectivity index (χ1v) is 5.95. The molecule has 0 aliphatic rings. The molecular formula is C13H20FNO3. The van der Waals surface area contributed by atoms with Crippen molar-refractivity contribution in [2.45, 2.75) is 6.10 Å². The van der Waals surface area contributed by atoms with E-state index in [1.165, 1.54) is 12.1 Å². The lowest BCUT2D eigenvalue weighted by molar-refractivity contribution is 0.0703. The molecular weight excluding hydrogens is 237 g/mol. The van der Waals surface area contributed by atoms with E-state index in [1.807, 2.05) is 0 Å². The lowest BCUT2D eigenvalue weighted by atomic mass is 10.1. The minimum Gasteiger partial charge on any atom is -0.387 e. The van der Waals surface area contributed by atoms with Crippen LogP contribution in [0.3, 0.4) is 0 Å². The molecule has 0 amide bonds. The maximum absolute atomic E-state index is 12.9. The van der Waals surface area contributed by atoms with E-state index in [0.717, 1.165) is 0 Å². The highest BCUT2D eigenvalue weighted by Gasteiger charge is 2.07. The van der Waals surface area contributed by atoms with Crippen molar-refractivity contribution in [1.82, 2.24) is 5.32 Å². The molecule has 0 saturated carbocycles. The summed E-state index contributed by atoms with van der Waals surface area (Å²) in [4.78, 5) is 0. The summed E-state index contributed by atoms with van der Waals surface area (Å²) in [6, 6.07) is 5.97. The van der Waals surface area contributed by atoms with Gasteiger partial charge >= 0.3 is 0 Å². The van der Waals surface area contributed by atoms with Crippen LogP contribution in [-0.2, 0) is 9.47 Å². The minimum atomic E-state index is -0.709. The van der Waals surface area contributed by atoms with Gasteiger partial charge in [0.05, 0.1) is 25.9 Å². The van der Waals surface area contributed by atoms with E-state index in [4.69, 9.17) is 9.47 Å². The number of rotatable bonds is 9. The van der Waals surface area contributed by atoms with Gasteiger partial charge < -0.3 is 19.9 Å². The molecule has 2 N–H and O–H groups in total. The van der Waals surface area contributed by atoms with Crippen LogP contribution in [0.25, 0.3) is 0 Å². The Hall–Kier alpha value is -1.01. The average molecular weight is 257 g/mol. The first-order chi connectivity index (χ1) is 8.74. The van der Waals surface area contributed by atoms with E-state index in [1.54, 1.807) is 19.2 Å². The summed E-state index contributed by atoms with van der Waals surface area (Å²) in [6.07, 6.45) is -0.709. The predicted octanol–water partition coefficient (Wildman–Crippen LogP) is 1.11. The molecule has 0 spiro atoms. The third-order valence-corrected chi connectivity index (χ3v) is 2.43. The molecule has 0 aliphatic carbocycles. The molecule has 1 rings (SSSR count). The molecule has 102 valence electrons. The van der Waals surface area contributed by atoms with E-state index in [2.05, 4.69) is 5.32 Å². The van der Waals surface area contributed by atoms with E-state index < -0.39 is 6.10 Å². The average Bonchev–Trinajstić information content (AvgIpc) is 2.37. The van der Waals surface area contributed by atoms with E-state index in [-0.39, 0.29) is 5.82 Å². The standard InChI is InChI=1S/C13H20FNO3/c1-17-7-8-18-6-5-15-10-13(16)11-3-2-4-12(14)9-11/h2-4,9,13,15-16H,5-8,10H2,1H3. The molecule has 1 unspecified atom stereocenters. The number of halogens is 1. The summed E-state index contributed by atoms with van der Waals surface area (Å²) < 4.78 is 23.0.